The number of hydrogen-bond donors (Lipinski definition) is 2. The average molecular weight is 340 g/mol. The number of fused-ring (bicyclic) bond motifs is 1. The SMILES string of the molecule is CC(C)(CO)Oc1ccc2c(c1CCc1ccccc1)CCCC2O. The molecule has 1 aliphatic carbocycles. The standard InChI is InChI=1S/C22H28O3/c1-22(2,15-23)25-21-14-13-18-17(9-6-10-20(18)24)19(21)12-11-16-7-4-3-5-8-16/h3-5,7-8,13-14,20,23-24H,6,9-12,15H2,1-2H3. The van der Waals surface area contributed by atoms with Gasteiger partial charge in [0, 0.05) is 0 Å². The summed E-state index contributed by atoms with van der Waals surface area (Å²) < 4.78 is 6.14. The molecule has 2 aromatic carbocycles. The van der Waals surface area contributed by atoms with Crippen LogP contribution in [0.5, 0.6) is 5.75 Å². The first-order valence-corrected chi connectivity index (χ1v) is 9.17. The number of benzene rings is 2. The van der Waals surface area contributed by atoms with E-state index in [1.807, 2.05) is 32.0 Å². The highest BCUT2D eigenvalue weighted by Crippen LogP contribution is 2.37. The number of ether oxygens (including phenoxy) is 1. The number of aliphatic hydroxyl groups is 2. The topological polar surface area (TPSA) is 49.7 Å². The Kier molecular flexibility index (Phi) is 5.45. The number of aliphatic hydroxyl groups excluding tert-OH is 2. The Morgan fingerprint density at radius 3 is 2.56 bits per heavy atom. The number of hydrogen-bond acceptors (Lipinski definition) is 3. The van der Waals surface area contributed by atoms with Crippen LogP contribution in [0, 0.1) is 0 Å². The molecule has 3 rings (SSSR count). The molecule has 3 heteroatoms. The van der Waals surface area contributed by atoms with Crippen LogP contribution in [0.1, 0.15) is 55.0 Å². The highest BCUT2D eigenvalue weighted by molar-refractivity contribution is 5.48. The fraction of sp³-hybridized carbons (Fsp3) is 0.455. The zero-order valence-corrected chi connectivity index (χ0v) is 15.2. The normalized spacial score (nSPS) is 17.2. The summed E-state index contributed by atoms with van der Waals surface area (Å²) >= 11 is 0. The lowest BCUT2D eigenvalue weighted by Gasteiger charge is -2.30. The minimum atomic E-state index is -0.622. The van der Waals surface area contributed by atoms with Crippen LogP contribution in [0.3, 0.4) is 0 Å². The molecule has 0 saturated heterocycles. The van der Waals surface area contributed by atoms with Crippen LogP contribution in [-0.2, 0) is 19.3 Å². The molecule has 1 atom stereocenters. The molecule has 0 aliphatic heterocycles. The molecule has 3 nitrogen and oxygen atoms in total. The Bertz CT molecular complexity index is 707. The van der Waals surface area contributed by atoms with Crippen molar-refractivity contribution in [3.05, 3.63) is 64.7 Å². The van der Waals surface area contributed by atoms with Crippen LogP contribution in [0.4, 0.5) is 0 Å². The monoisotopic (exact) mass is 340 g/mol. The van der Waals surface area contributed by atoms with Gasteiger partial charge in [-0.05, 0) is 74.3 Å². The zero-order valence-electron chi connectivity index (χ0n) is 15.2. The maximum Gasteiger partial charge on any atom is 0.126 e. The molecule has 1 unspecified atom stereocenters. The van der Waals surface area contributed by atoms with E-state index in [0.717, 1.165) is 43.4 Å². The van der Waals surface area contributed by atoms with Crippen molar-refractivity contribution in [2.24, 2.45) is 0 Å². The Labute approximate surface area is 150 Å². The van der Waals surface area contributed by atoms with Gasteiger partial charge < -0.3 is 14.9 Å². The van der Waals surface area contributed by atoms with Crippen LogP contribution < -0.4 is 4.74 Å². The van der Waals surface area contributed by atoms with Gasteiger partial charge >= 0.3 is 0 Å². The molecule has 0 saturated carbocycles. The van der Waals surface area contributed by atoms with Crippen molar-refractivity contribution in [3.63, 3.8) is 0 Å². The van der Waals surface area contributed by atoms with Gasteiger partial charge in [-0.2, -0.15) is 0 Å². The molecule has 2 aromatic rings. The molecule has 0 amide bonds. The van der Waals surface area contributed by atoms with Crippen LogP contribution in [0.25, 0.3) is 0 Å². The van der Waals surface area contributed by atoms with Crippen LogP contribution in [-0.4, -0.2) is 22.4 Å². The lowest BCUT2D eigenvalue weighted by Crippen LogP contribution is -2.33. The minimum Gasteiger partial charge on any atom is -0.485 e. The first-order chi connectivity index (χ1) is 12.0. The molecule has 0 heterocycles. The van der Waals surface area contributed by atoms with Crippen molar-refractivity contribution in [1.29, 1.82) is 0 Å². The first kappa shape index (κ1) is 18.0. The molecule has 2 N–H and O–H groups in total. The van der Waals surface area contributed by atoms with E-state index >= 15 is 0 Å². The van der Waals surface area contributed by atoms with Crippen molar-refractivity contribution in [2.75, 3.05) is 6.61 Å². The highest BCUT2D eigenvalue weighted by atomic mass is 16.5. The quantitative estimate of drug-likeness (QED) is 0.836. The van der Waals surface area contributed by atoms with Gasteiger partial charge in [-0.1, -0.05) is 36.4 Å². The molecule has 134 valence electrons. The van der Waals surface area contributed by atoms with Gasteiger partial charge in [0.2, 0.25) is 0 Å². The Balaban J connectivity index is 1.94. The molecule has 0 bridgehead atoms. The predicted molar refractivity (Wildman–Crippen MR) is 100.0 cm³/mol. The summed E-state index contributed by atoms with van der Waals surface area (Å²) in [4.78, 5) is 0. The largest absolute Gasteiger partial charge is 0.485 e. The molecule has 0 radical (unpaired) electrons. The summed E-state index contributed by atoms with van der Waals surface area (Å²) in [5.74, 6) is 0.836. The highest BCUT2D eigenvalue weighted by Gasteiger charge is 2.26. The van der Waals surface area contributed by atoms with E-state index in [4.69, 9.17) is 4.74 Å². The first-order valence-electron chi connectivity index (χ1n) is 9.17. The van der Waals surface area contributed by atoms with Crippen LogP contribution in [0.15, 0.2) is 42.5 Å². The Hall–Kier alpha value is -1.84. The second-order valence-electron chi connectivity index (χ2n) is 7.52. The summed E-state index contributed by atoms with van der Waals surface area (Å²) in [6, 6.07) is 14.4. The third-order valence-corrected chi connectivity index (χ3v) is 4.96. The van der Waals surface area contributed by atoms with Crippen LogP contribution >= 0.6 is 0 Å². The van der Waals surface area contributed by atoms with E-state index in [1.54, 1.807) is 0 Å². The van der Waals surface area contributed by atoms with Crippen molar-refractivity contribution < 1.29 is 14.9 Å². The molecule has 25 heavy (non-hydrogen) atoms. The Morgan fingerprint density at radius 2 is 1.84 bits per heavy atom. The van der Waals surface area contributed by atoms with Crippen molar-refractivity contribution >= 4 is 0 Å². The van der Waals surface area contributed by atoms with Gasteiger partial charge in [-0.25, -0.2) is 0 Å². The maximum absolute atomic E-state index is 10.4. The summed E-state index contributed by atoms with van der Waals surface area (Å²) in [7, 11) is 0. The second-order valence-corrected chi connectivity index (χ2v) is 7.52. The predicted octanol–water partition coefficient (Wildman–Crippen LogP) is 3.99. The minimum absolute atomic E-state index is 0.0369. The van der Waals surface area contributed by atoms with E-state index in [2.05, 4.69) is 24.3 Å². The van der Waals surface area contributed by atoms with E-state index in [0.29, 0.717) is 0 Å². The van der Waals surface area contributed by atoms with Gasteiger partial charge in [-0.3, -0.25) is 0 Å². The van der Waals surface area contributed by atoms with Crippen LogP contribution in [0.2, 0.25) is 0 Å². The average Bonchev–Trinajstić information content (AvgIpc) is 2.61. The molecular formula is C22H28O3. The summed E-state index contributed by atoms with van der Waals surface area (Å²) in [6.07, 6.45) is 4.24. The summed E-state index contributed by atoms with van der Waals surface area (Å²) in [5, 5.41) is 19.9. The zero-order chi connectivity index (χ0) is 17.9. The molecular weight excluding hydrogens is 312 g/mol. The Morgan fingerprint density at radius 1 is 1.08 bits per heavy atom. The van der Waals surface area contributed by atoms with E-state index in [9.17, 15) is 10.2 Å². The van der Waals surface area contributed by atoms with Gasteiger partial charge in [-0.15, -0.1) is 0 Å². The smallest absolute Gasteiger partial charge is 0.126 e. The fourth-order valence-electron chi connectivity index (χ4n) is 3.54. The summed E-state index contributed by atoms with van der Waals surface area (Å²) in [5.41, 5.74) is 4.14. The lowest BCUT2D eigenvalue weighted by molar-refractivity contribution is 0.0402. The third kappa shape index (κ3) is 4.23. The van der Waals surface area contributed by atoms with E-state index < -0.39 is 5.60 Å². The second kappa shape index (κ2) is 7.59. The van der Waals surface area contributed by atoms with Gasteiger partial charge in [0.1, 0.15) is 11.4 Å². The third-order valence-electron chi connectivity index (χ3n) is 4.96. The maximum atomic E-state index is 10.4. The molecule has 0 spiro atoms. The van der Waals surface area contributed by atoms with Crippen molar-refractivity contribution in [1.82, 2.24) is 0 Å². The molecule has 0 aromatic heterocycles. The molecule has 0 fully saturated rings. The molecule has 1 aliphatic rings. The van der Waals surface area contributed by atoms with Gasteiger partial charge in [0.05, 0.1) is 12.7 Å². The number of rotatable bonds is 6. The van der Waals surface area contributed by atoms with Gasteiger partial charge in [0.25, 0.3) is 0 Å². The fourth-order valence-corrected chi connectivity index (χ4v) is 3.54. The number of aryl methyl sites for hydroxylation is 1. The van der Waals surface area contributed by atoms with Crippen molar-refractivity contribution in [3.8, 4) is 5.75 Å². The lowest BCUT2D eigenvalue weighted by atomic mass is 9.84. The summed E-state index contributed by atoms with van der Waals surface area (Å²) in [6.45, 7) is 3.75. The van der Waals surface area contributed by atoms with E-state index in [-0.39, 0.29) is 12.7 Å². The van der Waals surface area contributed by atoms with E-state index in [1.165, 1.54) is 16.7 Å². The van der Waals surface area contributed by atoms with Gasteiger partial charge in [0.15, 0.2) is 0 Å². The van der Waals surface area contributed by atoms with Crippen molar-refractivity contribution in [2.45, 2.75) is 57.7 Å².